The van der Waals surface area contributed by atoms with Gasteiger partial charge in [0.2, 0.25) is 0 Å². The van der Waals surface area contributed by atoms with E-state index in [-0.39, 0.29) is 0 Å². The Labute approximate surface area is 56.7 Å². The van der Waals surface area contributed by atoms with Crippen LogP contribution in [0.3, 0.4) is 0 Å². The van der Waals surface area contributed by atoms with E-state index in [1.54, 1.807) is 0 Å². The van der Waals surface area contributed by atoms with Gasteiger partial charge in [-0.1, -0.05) is 13.0 Å². The Bertz CT molecular complexity index is 98.7. The zero-order chi connectivity index (χ0) is 6.69. The molecule has 1 rings (SSSR count). The summed E-state index contributed by atoms with van der Waals surface area (Å²) >= 11 is 0. The van der Waals surface area contributed by atoms with Crippen LogP contribution >= 0.6 is 0 Å². The molecule has 1 saturated heterocycles. The molecule has 0 amide bonds. The lowest BCUT2D eigenvalue weighted by molar-refractivity contribution is 0.0388. The first-order valence-electron chi connectivity index (χ1n) is 3.55. The molecule has 0 N–H and O–H groups in total. The van der Waals surface area contributed by atoms with Gasteiger partial charge >= 0.3 is 0 Å². The number of ether oxygens (including phenoxy) is 1. The Kier molecular flexibility index (Phi) is 2.29. The molecule has 1 heteroatoms. The fraction of sp³-hybridized carbons (Fsp3) is 0.750. The minimum absolute atomic E-state index is 0.677. The fourth-order valence-electron chi connectivity index (χ4n) is 1.25. The summed E-state index contributed by atoms with van der Waals surface area (Å²) in [5.74, 6) is 1.37. The van der Waals surface area contributed by atoms with Crippen LogP contribution in [0.1, 0.15) is 13.3 Å². The first kappa shape index (κ1) is 6.81. The third-order valence-corrected chi connectivity index (χ3v) is 2.01. The molecule has 0 spiro atoms. The van der Waals surface area contributed by atoms with Crippen molar-refractivity contribution in [2.75, 3.05) is 13.2 Å². The average Bonchev–Trinajstić information content (AvgIpc) is 1.89. The quantitative estimate of drug-likeness (QED) is 0.487. The standard InChI is InChI=1S/C8H14O/c1-3-8-4-5-9-6-7(8)2/h3,7-8H,1,4-6H2,2H3/t7-,8?/m0/s1. The maximum absolute atomic E-state index is 5.27. The summed E-state index contributed by atoms with van der Waals surface area (Å²) in [6, 6.07) is 0. The molecule has 1 heterocycles. The highest BCUT2D eigenvalue weighted by Crippen LogP contribution is 2.21. The summed E-state index contributed by atoms with van der Waals surface area (Å²) in [6.45, 7) is 7.82. The van der Waals surface area contributed by atoms with Gasteiger partial charge in [0.15, 0.2) is 0 Å². The highest BCUT2D eigenvalue weighted by Gasteiger charge is 2.17. The van der Waals surface area contributed by atoms with E-state index in [2.05, 4.69) is 13.5 Å². The lowest BCUT2D eigenvalue weighted by atomic mass is 9.90. The largest absolute Gasteiger partial charge is 0.381 e. The molecular formula is C8H14O. The zero-order valence-electron chi connectivity index (χ0n) is 5.97. The zero-order valence-corrected chi connectivity index (χ0v) is 5.97. The molecule has 0 aromatic heterocycles. The molecule has 2 atom stereocenters. The van der Waals surface area contributed by atoms with Crippen molar-refractivity contribution in [3.05, 3.63) is 12.7 Å². The van der Waals surface area contributed by atoms with Crippen LogP contribution < -0.4 is 0 Å². The second kappa shape index (κ2) is 3.02. The van der Waals surface area contributed by atoms with E-state index in [0.29, 0.717) is 11.8 Å². The molecule has 1 fully saturated rings. The molecule has 9 heavy (non-hydrogen) atoms. The van der Waals surface area contributed by atoms with E-state index < -0.39 is 0 Å². The molecule has 0 aromatic rings. The van der Waals surface area contributed by atoms with Crippen molar-refractivity contribution < 1.29 is 4.74 Å². The van der Waals surface area contributed by atoms with Crippen molar-refractivity contribution in [2.24, 2.45) is 11.8 Å². The maximum atomic E-state index is 5.27. The predicted molar refractivity (Wildman–Crippen MR) is 38.3 cm³/mol. The van der Waals surface area contributed by atoms with Crippen LogP contribution in [-0.2, 0) is 4.74 Å². The summed E-state index contributed by atoms with van der Waals surface area (Å²) in [5, 5.41) is 0. The Morgan fingerprint density at radius 2 is 2.44 bits per heavy atom. The molecule has 1 aliphatic heterocycles. The molecule has 52 valence electrons. The maximum Gasteiger partial charge on any atom is 0.0497 e. The summed E-state index contributed by atoms with van der Waals surface area (Å²) in [6.07, 6.45) is 3.21. The van der Waals surface area contributed by atoms with Crippen LogP contribution in [0, 0.1) is 11.8 Å². The molecule has 0 saturated carbocycles. The minimum Gasteiger partial charge on any atom is -0.381 e. The highest BCUT2D eigenvalue weighted by molar-refractivity contribution is 4.84. The van der Waals surface area contributed by atoms with Crippen molar-refractivity contribution in [3.63, 3.8) is 0 Å². The normalized spacial score (nSPS) is 36.1. The predicted octanol–water partition coefficient (Wildman–Crippen LogP) is 1.84. The molecule has 0 radical (unpaired) electrons. The lowest BCUT2D eigenvalue weighted by Crippen LogP contribution is -2.23. The van der Waals surface area contributed by atoms with E-state index >= 15 is 0 Å². The van der Waals surface area contributed by atoms with Crippen LogP contribution in [0.2, 0.25) is 0 Å². The van der Waals surface area contributed by atoms with Gasteiger partial charge in [0, 0.05) is 13.2 Å². The van der Waals surface area contributed by atoms with Crippen molar-refractivity contribution in [3.8, 4) is 0 Å². The molecule has 1 aliphatic rings. The van der Waals surface area contributed by atoms with Crippen LogP contribution in [-0.4, -0.2) is 13.2 Å². The fourth-order valence-corrected chi connectivity index (χ4v) is 1.25. The van der Waals surface area contributed by atoms with E-state index in [4.69, 9.17) is 4.74 Å². The number of hydrogen-bond donors (Lipinski definition) is 0. The van der Waals surface area contributed by atoms with Gasteiger partial charge in [-0.05, 0) is 18.3 Å². The third-order valence-electron chi connectivity index (χ3n) is 2.01. The van der Waals surface area contributed by atoms with E-state index in [1.807, 2.05) is 6.08 Å². The Balaban J connectivity index is 2.38. The topological polar surface area (TPSA) is 9.23 Å². The van der Waals surface area contributed by atoms with Gasteiger partial charge in [0.1, 0.15) is 0 Å². The summed E-state index contributed by atoms with van der Waals surface area (Å²) in [4.78, 5) is 0. The van der Waals surface area contributed by atoms with Crippen LogP contribution in [0.5, 0.6) is 0 Å². The van der Waals surface area contributed by atoms with E-state index in [1.165, 1.54) is 0 Å². The van der Waals surface area contributed by atoms with Crippen molar-refractivity contribution >= 4 is 0 Å². The van der Waals surface area contributed by atoms with Crippen molar-refractivity contribution in [1.29, 1.82) is 0 Å². The number of allylic oxidation sites excluding steroid dienone is 1. The SMILES string of the molecule is C=CC1CCOC[C@@H]1C. The van der Waals surface area contributed by atoms with Crippen LogP contribution in [0.4, 0.5) is 0 Å². The Morgan fingerprint density at radius 1 is 1.67 bits per heavy atom. The summed E-state index contributed by atoms with van der Waals surface area (Å²) in [5.41, 5.74) is 0. The summed E-state index contributed by atoms with van der Waals surface area (Å²) in [7, 11) is 0. The first-order chi connectivity index (χ1) is 4.34. The summed E-state index contributed by atoms with van der Waals surface area (Å²) < 4.78 is 5.27. The van der Waals surface area contributed by atoms with Gasteiger partial charge in [-0.3, -0.25) is 0 Å². The third kappa shape index (κ3) is 1.55. The molecule has 1 nitrogen and oxygen atoms in total. The number of rotatable bonds is 1. The second-order valence-corrected chi connectivity index (χ2v) is 2.74. The van der Waals surface area contributed by atoms with Gasteiger partial charge in [0.25, 0.3) is 0 Å². The van der Waals surface area contributed by atoms with Crippen molar-refractivity contribution in [1.82, 2.24) is 0 Å². The second-order valence-electron chi connectivity index (χ2n) is 2.74. The Hall–Kier alpha value is -0.300. The number of hydrogen-bond acceptors (Lipinski definition) is 1. The lowest BCUT2D eigenvalue weighted by Gasteiger charge is -2.25. The average molecular weight is 126 g/mol. The Morgan fingerprint density at radius 3 is 2.89 bits per heavy atom. The smallest absolute Gasteiger partial charge is 0.0497 e. The molecule has 0 bridgehead atoms. The van der Waals surface area contributed by atoms with Gasteiger partial charge in [0.05, 0.1) is 0 Å². The van der Waals surface area contributed by atoms with Gasteiger partial charge < -0.3 is 4.74 Å². The van der Waals surface area contributed by atoms with Crippen molar-refractivity contribution in [2.45, 2.75) is 13.3 Å². The van der Waals surface area contributed by atoms with Crippen LogP contribution in [0.25, 0.3) is 0 Å². The molecule has 1 unspecified atom stereocenters. The minimum atomic E-state index is 0.677. The first-order valence-corrected chi connectivity index (χ1v) is 3.55. The monoisotopic (exact) mass is 126 g/mol. The van der Waals surface area contributed by atoms with Gasteiger partial charge in [-0.25, -0.2) is 0 Å². The van der Waals surface area contributed by atoms with E-state index in [0.717, 1.165) is 19.6 Å². The molecule has 0 aliphatic carbocycles. The van der Waals surface area contributed by atoms with Gasteiger partial charge in [-0.2, -0.15) is 0 Å². The van der Waals surface area contributed by atoms with Crippen LogP contribution in [0.15, 0.2) is 12.7 Å². The molecule has 0 aromatic carbocycles. The van der Waals surface area contributed by atoms with E-state index in [9.17, 15) is 0 Å². The highest BCUT2D eigenvalue weighted by atomic mass is 16.5. The molecular weight excluding hydrogens is 112 g/mol. The van der Waals surface area contributed by atoms with Gasteiger partial charge in [-0.15, -0.1) is 6.58 Å².